The van der Waals surface area contributed by atoms with Crippen LogP contribution in [-0.4, -0.2) is 12.6 Å². The van der Waals surface area contributed by atoms with E-state index in [1.807, 2.05) is 18.2 Å². The third-order valence-electron chi connectivity index (χ3n) is 5.00. The van der Waals surface area contributed by atoms with Crippen LogP contribution in [0.3, 0.4) is 0 Å². The number of benzene rings is 3. The maximum atomic E-state index is 5.99. The molecule has 0 heterocycles. The minimum Gasteiger partial charge on any atom is -0.489 e. The van der Waals surface area contributed by atoms with E-state index in [4.69, 9.17) is 4.74 Å². The standard InChI is InChI=1S/C26H31NO/c1-21-18-25(15-16-26(21)28-20-24-12-7-4-8-13-24)19-22(2)27-17-9-14-23-10-5-3-6-11-23/h3-8,10-13,15-16,18,22,27H,9,14,17,19-20H2,1-2H3. The molecule has 3 aromatic rings. The largest absolute Gasteiger partial charge is 0.489 e. The van der Waals surface area contributed by atoms with Gasteiger partial charge >= 0.3 is 0 Å². The van der Waals surface area contributed by atoms with Crippen molar-refractivity contribution in [3.8, 4) is 5.75 Å². The smallest absolute Gasteiger partial charge is 0.122 e. The first kappa shape index (κ1) is 20.2. The summed E-state index contributed by atoms with van der Waals surface area (Å²) >= 11 is 0. The maximum absolute atomic E-state index is 5.99. The van der Waals surface area contributed by atoms with E-state index in [-0.39, 0.29) is 0 Å². The Labute approximate surface area is 169 Å². The molecule has 0 aliphatic heterocycles. The average Bonchev–Trinajstić information content (AvgIpc) is 2.72. The predicted octanol–water partition coefficient (Wildman–Crippen LogP) is 5.73. The third-order valence-corrected chi connectivity index (χ3v) is 5.00. The Morgan fingerprint density at radius 2 is 1.50 bits per heavy atom. The first-order valence-electron chi connectivity index (χ1n) is 10.2. The van der Waals surface area contributed by atoms with Crippen LogP contribution in [-0.2, 0) is 19.4 Å². The van der Waals surface area contributed by atoms with Gasteiger partial charge < -0.3 is 10.1 Å². The fourth-order valence-corrected chi connectivity index (χ4v) is 3.45. The van der Waals surface area contributed by atoms with Crippen molar-refractivity contribution >= 4 is 0 Å². The highest BCUT2D eigenvalue weighted by Crippen LogP contribution is 2.21. The number of ether oxygens (including phenoxy) is 1. The molecule has 0 spiro atoms. The molecular formula is C26H31NO. The summed E-state index contributed by atoms with van der Waals surface area (Å²) in [7, 11) is 0. The van der Waals surface area contributed by atoms with Gasteiger partial charge in [-0.25, -0.2) is 0 Å². The second kappa shape index (κ2) is 10.7. The number of nitrogens with one attached hydrogen (secondary N) is 1. The second-order valence-electron chi connectivity index (χ2n) is 7.52. The molecule has 3 aromatic carbocycles. The van der Waals surface area contributed by atoms with Crippen molar-refractivity contribution in [2.75, 3.05) is 6.54 Å². The Morgan fingerprint density at radius 1 is 0.821 bits per heavy atom. The lowest BCUT2D eigenvalue weighted by Crippen LogP contribution is -2.29. The van der Waals surface area contributed by atoms with Gasteiger partial charge in [-0.2, -0.15) is 0 Å². The van der Waals surface area contributed by atoms with Gasteiger partial charge in [0.15, 0.2) is 0 Å². The molecule has 28 heavy (non-hydrogen) atoms. The molecule has 1 N–H and O–H groups in total. The summed E-state index contributed by atoms with van der Waals surface area (Å²) in [4.78, 5) is 0. The van der Waals surface area contributed by atoms with Crippen LogP contribution in [0.25, 0.3) is 0 Å². The van der Waals surface area contributed by atoms with Gasteiger partial charge in [-0.1, -0.05) is 72.8 Å². The normalized spacial score (nSPS) is 11.9. The zero-order valence-electron chi connectivity index (χ0n) is 17.0. The van der Waals surface area contributed by atoms with E-state index in [2.05, 4.69) is 79.8 Å². The van der Waals surface area contributed by atoms with Crippen LogP contribution >= 0.6 is 0 Å². The van der Waals surface area contributed by atoms with E-state index < -0.39 is 0 Å². The molecule has 3 rings (SSSR count). The van der Waals surface area contributed by atoms with Crippen LogP contribution in [0.15, 0.2) is 78.9 Å². The van der Waals surface area contributed by atoms with Crippen molar-refractivity contribution in [1.29, 1.82) is 0 Å². The van der Waals surface area contributed by atoms with Crippen molar-refractivity contribution in [3.05, 3.63) is 101 Å². The first-order chi connectivity index (χ1) is 13.7. The van der Waals surface area contributed by atoms with Crippen LogP contribution < -0.4 is 10.1 Å². The Kier molecular flexibility index (Phi) is 7.69. The van der Waals surface area contributed by atoms with E-state index in [0.717, 1.165) is 25.1 Å². The molecule has 0 aliphatic rings. The predicted molar refractivity (Wildman–Crippen MR) is 118 cm³/mol. The van der Waals surface area contributed by atoms with Crippen LogP contribution in [0.1, 0.15) is 35.6 Å². The van der Waals surface area contributed by atoms with Crippen LogP contribution in [0.4, 0.5) is 0 Å². The summed E-state index contributed by atoms with van der Waals surface area (Å²) in [6.07, 6.45) is 3.33. The van der Waals surface area contributed by atoms with E-state index in [0.29, 0.717) is 12.6 Å². The van der Waals surface area contributed by atoms with Gasteiger partial charge in [0.1, 0.15) is 12.4 Å². The molecule has 0 aromatic heterocycles. The lowest BCUT2D eigenvalue weighted by Gasteiger charge is -2.16. The summed E-state index contributed by atoms with van der Waals surface area (Å²) in [6.45, 7) is 6.05. The number of hydrogen-bond donors (Lipinski definition) is 1. The minimum atomic E-state index is 0.464. The van der Waals surface area contributed by atoms with Crippen molar-refractivity contribution in [2.24, 2.45) is 0 Å². The zero-order valence-corrected chi connectivity index (χ0v) is 17.0. The lowest BCUT2D eigenvalue weighted by atomic mass is 10.0. The summed E-state index contributed by atoms with van der Waals surface area (Å²) in [5.74, 6) is 0.969. The minimum absolute atomic E-state index is 0.464. The van der Waals surface area contributed by atoms with Gasteiger partial charge in [0.25, 0.3) is 0 Å². The van der Waals surface area contributed by atoms with Crippen LogP contribution in [0, 0.1) is 6.92 Å². The van der Waals surface area contributed by atoms with Gasteiger partial charge in [-0.15, -0.1) is 0 Å². The molecule has 0 saturated carbocycles. The maximum Gasteiger partial charge on any atom is 0.122 e. The average molecular weight is 374 g/mol. The van der Waals surface area contributed by atoms with Crippen molar-refractivity contribution in [2.45, 2.75) is 45.8 Å². The van der Waals surface area contributed by atoms with E-state index >= 15 is 0 Å². The van der Waals surface area contributed by atoms with Crippen molar-refractivity contribution in [3.63, 3.8) is 0 Å². The van der Waals surface area contributed by atoms with Gasteiger partial charge in [-0.05, 0) is 68.0 Å². The highest BCUT2D eigenvalue weighted by Gasteiger charge is 2.06. The van der Waals surface area contributed by atoms with Crippen LogP contribution in [0.2, 0.25) is 0 Å². The molecule has 1 unspecified atom stereocenters. The molecule has 0 saturated heterocycles. The zero-order chi connectivity index (χ0) is 19.6. The summed E-state index contributed by atoms with van der Waals surface area (Å²) in [5.41, 5.74) is 5.16. The Morgan fingerprint density at radius 3 is 2.18 bits per heavy atom. The van der Waals surface area contributed by atoms with Gasteiger partial charge in [0.05, 0.1) is 0 Å². The third kappa shape index (κ3) is 6.54. The summed E-state index contributed by atoms with van der Waals surface area (Å²) in [6, 6.07) is 28.0. The number of hydrogen-bond acceptors (Lipinski definition) is 2. The topological polar surface area (TPSA) is 21.3 Å². The monoisotopic (exact) mass is 373 g/mol. The second-order valence-corrected chi connectivity index (χ2v) is 7.52. The quantitative estimate of drug-likeness (QED) is 0.458. The van der Waals surface area contributed by atoms with Crippen molar-refractivity contribution in [1.82, 2.24) is 5.32 Å². The molecule has 0 bridgehead atoms. The Hall–Kier alpha value is -2.58. The van der Waals surface area contributed by atoms with Crippen LogP contribution in [0.5, 0.6) is 5.75 Å². The molecule has 2 nitrogen and oxygen atoms in total. The molecule has 2 heteroatoms. The highest BCUT2D eigenvalue weighted by molar-refractivity contribution is 5.36. The SMILES string of the molecule is Cc1cc(CC(C)NCCCc2ccccc2)ccc1OCc1ccccc1. The summed E-state index contributed by atoms with van der Waals surface area (Å²) in [5, 5.41) is 3.65. The van der Waals surface area contributed by atoms with Gasteiger partial charge in [0, 0.05) is 6.04 Å². The molecule has 1 atom stereocenters. The molecule has 146 valence electrons. The van der Waals surface area contributed by atoms with Crippen molar-refractivity contribution < 1.29 is 4.74 Å². The molecular weight excluding hydrogens is 342 g/mol. The van der Waals surface area contributed by atoms with Gasteiger partial charge in [0.2, 0.25) is 0 Å². The first-order valence-corrected chi connectivity index (χ1v) is 10.2. The highest BCUT2D eigenvalue weighted by atomic mass is 16.5. The van der Waals surface area contributed by atoms with E-state index in [1.165, 1.54) is 28.7 Å². The Bertz CT molecular complexity index is 830. The van der Waals surface area contributed by atoms with E-state index in [1.54, 1.807) is 0 Å². The summed E-state index contributed by atoms with van der Waals surface area (Å²) < 4.78 is 5.99. The fourth-order valence-electron chi connectivity index (χ4n) is 3.45. The van der Waals surface area contributed by atoms with Gasteiger partial charge in [-0.3, -0.25) is 0 Å². The molecule has 0 radical (unpaired) electrons. The number of aryl methyl sites for hydroxylation is 2. The van der Waals surface area contributed by atoms with E-state index in [9.17, 15) is 0 Å². The number of rotatable bonds is 10. The molecule has 0 amide bonds. The molecule has 0 fully saturated rings. The Balaban J connectivity index is 1.41. The lowest BCUT2D eigenvalue weighted by molar-refractivity contribution is 0.304. The fraction of sp³-hybridized carbons (Fsp3) is 0.308. The molecule has 0 aliphatic carbocycles.